The molecule has 0 amide bonds. The first-order valence-corrected chi connectivity index (χ1v) is 10.5. The topological polar surface area (TPSA) is 59.1 Å². The molecule has 140 valence electrons. The molecular formula is C20H25NO4S. The lowest BCUT2D eigenvalue weighted by atomic mass is 10.1. The number of sulfonamides is 1. The van der Waals surface area contributed by atoms with Crippen molar-refractivity contribution in [3.8, 4) is 5.75 Å². The van der Waals surface area contributed by atoms with Crippen LogP contribution in [-0.4, -0.2) is 34.8 Å². The van der Waals surface area contributed by atoms with E-state index in [1.807, 2.05) is 36.4 Å². The molecule has 1 fully saturated rings. The molecule has 2 aromatic carbocycles. The molecule has 6 heteroatoms. The van der Waals surface area contributed by atoms with Crippen molar-refractivity contribution in [3.63, 3.8) is 0 Å². The molecule has 1 heterocycles. The minimum Gasteiger partial charge on any atom is -0.490 e. The van der Waals surface area contributed by atoms with E-state index >= 15 is 0 Å². The molecule has 2 aromatic rings. The first-order valence-electron chi connectivity index (χ1n) is 8.87. The van der Waals surface area contributed by atoms with Gasteiger partial charge >= 0.3 is 0 Å². The molecule has 0 aliphatic carbocycles. The fourth-order valence-corrected chi connectivity index (χ4v) is 3.99. The number of aryl methyl sites for hydroxylation is 1. The summed E-state index contributed by atoms with van der Waals surface area (Å²) < 4.78 is 37.9. The van der Waals surface area contributed by atoms with Gasteiger partial charge in [0.2, 0.25) is 10.0 Å². The molecule has 1 aliphatic heterocycles. The van der Waals surface area contributed by atoms with E-state index in [0.717, 1.165) is 36.3 Å². The van der Waals surface area contributed by atoms with E-state index in [4.69, 9.17) is 9.47 Å². The Morgan fingerprint density at radius 2 is 1.92 bits per heavy atom. The third-order valence-corrected chi connectivity index (χ3v) is 6.11. The molecule has 0 aromatic heterocycles. The molecule has 5 nitrogen and oxygen atoms in total. The zero-order valence-electron chi connectivity index (χ0n) is 15.2. The Kier molecular flexibility index (Phi) is 5.84. The van der Waals surface area contributed by atoms with Crippen LogP contribution in [0.5, 0.6) is 5.75 Å². The normalized spacial score (nSPS) is 16.3. The lowest BCUT2D eigenvalue weighted by Gasteiger charge is -2.20. The highest BCUT2D eigenvalue weighted by Crippen LogP contribution is 2.26. The highest BCUT2D eigenvalue weighted by Gasteiger charge is 2.24. The lowest BCUT2D eigenvalue weighted by Crippen LogP contribution is -2.27. The van der Waals surface area contributed by atoms with Crippen molar-refractivity contribution < 1.29 is 17.9 Å². The van der Waals surface area contributed by atoms with E-state index in [-0.39, 0.29) is 11.9 Å². The standard InChI is InChI=1S/C20H25NO4S/c1-3-7-17-11-10-16(12-20(17)25-14-19-13-24-19)15-26(22,23)21(2)18-8-5-4-6-9-18/h4-6,8-12,19H,3,7,13-15H2,1-2H3. The summed E-state index contributed by atoms with van der Waals surface area (Å²) in [6.07, 6.45) is 2.07. The second kappa shape index (κ2) is 8.10. The SMILES string of the molecule is CCCc1ccc(CS(=O)(=O)N(C)c2ccccc2)cc1OCC1CO1. The number of nitrogens with zero attached hydrogens (tertiary/aromatic N) is 1. The number of benzene rings is 2. The maximum atomic E-state index is 12.8. The van der Waals surface area contributed by atoms with Gasteiger partial charge < -0.3 is 9.47 Å². The fourth-order valence-electron chi connectivity index (χ4n) is 2.75. The highest BCUT2D eigenvalue weighted by atomic mass is 32.2. The van der Waals surface area contributed by atoms with Gasteiger partial charge in [0, 0.05) is 7.05 Å². The number of para-hydroxylation sites is 1. The van der Waals surface area contributed by atoms with E-state index in [0.29, 0.717) is 12.3 Å². The van der Waals surface area contributed by atoms with Gasteiger partial charge in [0.05, 0.1) is 18.0 Å². The third-order valence-electron chi connectivity index (χ3n) is 4.36. The minimum atomic E-state index is -3.47. The second-order valence-electron chi connectivity index (χ2n) is 6.52. The maximum Gasteiger partial charge on any atom is 0.239 e. The minimum absolute atomic E-state index is 0.0684. The molecule has 0 radical (unpaired) electrons. The molecule has 3 rings (SSSR count). The van der Waals surface area contributed by atoms with Crippen LogP contribution in [0.4, 0.5) is 5.69 Å². The third kappa shape index (κ3) is 4.77. The summed E-state index contributed by atoms with van der Waals surface area (Å²) in [5.41, 5.74) is 2.47. The van der Waals surface area contributed by atoms with Crippen LogP contribution in [-0.2, 0) is 26.9 Å². The van der Waals surface area contributed by atoms with Crippen LogP contribution in [0.25, 0.3) is 0 Å². The predicted molar refractivity (Wildman–Crippen MR) is 103 cm³/mol. The van der Waals surface area contributed by atoms with Crippen LogP contribution >= 0.6 is 0 Å². The molecule has 0 N–H and O–H groups in total. The van der Waals surface area contributed by atoms with Gasteiger partial charge in [-0.2, -0.15) is 0 Å². The monoisotopic (exact) mass is 375 g/mol. The van der Waals surface area contributed by atoms with Gasteiger partial charge in [-0.25, -0.2) is 8.42 Å². The summed E-state index contributed by atoms with van der Waals surface area (Å²) in [6, 6.07) is 14.8. The first-order chi connectivity index (χ1) is 12.5. The summed E-state index contributed by atoms with van der Waals surface area (Å²) >= 11 is 0. The summed E-state index contributed by atoms with van der Waals surface area (Å²) in [6.45, 7) is 3.36. The van der Waals surface area contributed by atoms with Gasteiger partial charge in [-0.05, 0) is 35.7 Å². The molecular weight excluding hydrogens is 350 g/mol. The molecule has 1 unspecified atom stereocenters. The Balaban J connectivity index is 1.78. The van der Waals surface area contributed by atoms with E-state index in [1.165, 1.54) is 4.31 Å². The summed E-state index contributed by atoms with van der Waals surface area (Å²) in [4.78, 5) is 0. The summed E-state index contributed by atoms with van der Waals surface area (Å²) in [7, 11) is -1.89. The van der Waals surface area contributed by atoms with Crippen molar-refractivity contribution in [2.24, 2.45) is 0 Å². The summed E-state index contributed by atoms with van der Waals surface area (Å²) in [5, 5.41) is 0. The van der Waals surface area contributed by atoms with Crippen LogP contribution in [0.15, 0.2) is 48.5 Å². The van der Waals surface area contributed by atoms with Gasteiger partial charge in [0.1, 0.15) is 18.5 Å². The zero-order valence-corrected chi connectivity index (χ0v) is 16.0. The fraction of sp³-hybridized carbons (Fsp3) is 0.400. The van der Waals surface area contributed by atoms with E-state index in [1.54, 1.807) is 19.2 Å². The maximum absolute atomic E-state index is 12.8. The van der Waals surface area contributed by atoms with Crippen LogP contribution in [0, 0.1) is 0 Å². The molecule has 1 saturated heterocycles. The van der Waals surface area contributed by atoms with Crippen LogP contribution in [0.2, 0.25) is 0 Å². The average Bonchev–Trinajstić information content (AvgIpc) is 3.46. The van der Waals surface area contributed by atoms with E-state index in [2.05, 4.69) is 6.92 Å². The Morgan fingerprint density at radius 3 is 2.58 bits per heavy atom. The number of anilines is 1. The van der Waals surface area contributed by atoms with Crippen molar-refractivity contribution in [1.29, 1.82) is 0 Å². The number of hydrogen-bond acceptors (Lipinski definition) is 4. The highest BCUT2D eigenvalue weighted by molar-refractivity contribution is 7.92. The van der Waals surface area contributed by atoms with Crippen molar-refractivity contribution in [3.05, 3.63) is 59.7 Å². The van der Waals surface area contributed by atoms with Gasteiger partial charge in [-0.15, -0.1) is 0 Å². The molecule has 26 heavy (non-hydrogen) atoms. The second-order valence-corrected chi connectivity index (χ2v) is 8.52. The lowest BCUT2D eigenvalue weighted by molar-refractivity contribution is 0.261. The number of epoxide rings is 1. The number of ether oxygens (including phenoxy) is 2. The van der Waals surface area contributed by atoms with Crippen molar-refractivity contribution in [1.82, 2.24) is 0 Å². The van der Waals surface area contributed by atoms with Gasteiger partial charge in [0.15, 0.2) is 0 Å². The van der Waals surface area contributed by atoms with Crippen LogP contribution in [0.1, 0.15) is 24.5 Å². The first kappa shape index (κ1) is 18.7. The van der Waals surface area contributed by atoms with Gasteiger partial charge in [-0.3, -0.25) is 4.31 Å². The average molecular weight is 375 g/mol. The van der Waals surface area contributed by atoms with Crippen LogP contribution in [0.3, 0.4) is 0 Å². The van der Waals surface area contributed by atoms with E-state index in [9.17, 15) is 8.42 Å². The smallest absolute Gasteiger partial charge is 0.239 e. The number of hydrogen-bond donors (Lipinski definition) is 0. The largest absolute Gasteiger partial charge is 0.490 e. The predicted octanol–water partition coefficient (Wildman–Crippen LogP) is 3.38. The summed E-state index contributed by atoms with van der Waals surface area (Å²) in [5.74, 6) is 0.693. The molecule has 1 atom stereocenters. The van der Waals surface area contributed by atoms with Gasteiger partial charge in [0.25, 0.3) is 0 Å². The van der Waals surface area contributed by atoms with Crippen molar-refractivity contribution >= 4 is 15.7 Å². The quantitative estimate of drug-likeness (QED) is 0.631. The molecule has 1 aliphatic rings. The van der Waals surface area contributed by atoms with Crippen LogP contribution < -0.4 is 9.04 Å². The van der Waals surface area contributed by atoms with E-state index < -0.39 is 10.0 Å². The van der Waals surface area contributed by atoms with Gasteiger partial charge in [-0.1, -0.05) is 43.7 Å². The molecule has 0 bridgehead atoms. The zero-order chi connectivity index (χ0) is 18.6. The number of rotatable bonds is 9. The van der Waals surface area contributed by atoms with Crippen molar-refractivity contribution in [2.75, 3.05) is 24.6 Å². The Morgan fingerprint density at radius 1 is 1.19 bits per heavy atom. The Bertz CT molecular complexity index is 832. The Hall–Kier alpha value is -2.05. The molecule has 0 spiro atoms. The van der Waals surface area contributed by atoms with Crippen molar-refractivity contribution in [2.45, 2.75) is 31.6 Å². The molecule has 0 saturated carbocycles. The Labute approximate surface area is 155 Å².